The molecule has 1 heterocycles. The zero-order valence-electron chi connectivity index (χ0n) is 9.37. The number of carbonyl (C=O) groups excluding carboxylic acids is 1. The van der Waals surface area contributed by atoms with Gasteiger partial charge in [0.1, 0.15) is 17.1 Å². The monoisotopic (exact) mass is 225 g/mol. The van der Waals surface area contributed by atoms with Crippen LogP contribution in [0.5, 0.6) is 0 Å². The first-order chi connectivity index (χ1) is 7.50. The van der Waals surface area contributed by atoms with E-state index >= 15 is 0 Å². The number of rotatable bonds is 5. The van der Waals surface area contributed by atoms with Gasteiger partial charge in [0.2, 0.25) is 5.91 Å². The average Bonchev–Trinajstić information content (AvgIpc) is 2.54. The van der Waals surface area contributed by atoms with Crippen LogP contribution in [0.2, 0.25) is 0 Å². The lowest BCUT2D eigenvalue weighted by molar-refractivity contribution is -0.118. The molecule has 1 aromatic heterocycles. The number of carbonyl (C=O) groups is 2. The molecule has 2 N–H and O–H groups in total. The predicted molar refractivity (Wildman–Crippen MR) is 57.4 cm³/mol. The molecule has 1 amide bonds. The van der Waals surface area contributed by atoms with Crippen LogP contribution < -0.4 is 5.32 Å². The molecule has 0 atom stereocenters. The van der Waals surface area contributed by atoms with E-state index in [1.165, 1.54) is 13.0 Å². The second-order valence-corrected chi connectivity index (χ2v) is 3.57. The van der Waals surface area contributed by atoms with Crippen LogP contribution in [0.4, 0.5) is 0 Å². The van der Waals surface area contributed by atoms with Crippen LogP contribution in [-0.4, -0.2) is 23.5 Å². The van der Waals surface area contributed by atoms with Crippen molar-refractivity contribution in [3.05, 3.63) is 23.2 Å². The molecule has 1 aromatic rings. The number of furan rings is 1. The lowest BCUT2D eigenvalue weighted by atomic mass is 10.2. The Kier molecular flexibility index (Phi) is 4.10. The van der Waals surface area contributed by atoms with Crippen molar-refractivity contribution in [1.82, 2.24) is 5.32 Å². The van der Waals surface area contributed by atoms with Crippen molar-refractivity contribution < 1.29 is 19.1 Å². The number of carboxylic acid groups (broad SMARTS) is 1. The summed E-state index contributed by atoms with van der Waals surface area (Å²) in [6.07, 6.45) is 1.35. The molecule has 1 rings (SSSR count). The summed E-state index contributed by atoms with van der Waals surface area (Å²) in [5, 5.41) is 11.5. The highest BCUT2D eigenvalue weighted by molar-refractivity contribution is 5.88. The second kappa shape index (κ2) is 5.34. The van der Waals surface area contributed by atoms with Gasteiger partial charge >= 0.3 is 5.97 Å². The van der Waals surface area contributed by atoms with Gasteiger partial charge in [0, 0.05) is 19.9 Å². The average molecular weight is 225 g/mol. The Morgan fingerprint density at radius 3 is 2.69 bits per heavy atom. The molecule has 5 heteroatoms. The van der Waals surface area contributed by atoms with E-state index in [-0.39, 0.29) is 11.5 Å². The molecule has 0 aliphatic carbocycles. The molecule has 5 nitrogen and oxygen atoms in total. The highest BCUT2D eigenvalue weighted by Crippen LogP contribution is 2.15. The Morgan fingerprint density at radius 1 is 1.50 bits per heavy atom. The zero-order valence-corrected chi connectivity index (χ0v) is 9.37. The van der Waals surface area contributed by atoms with E-state index in [9.17, 15) is 9.59 Å². The van der Waals surface area contributed by atoms with Crippen LogP contribution in [0, 0.1) is 6.92 Å². The molecule has 0 unspecified atom stereocenters. The first-order valence-corrected chi connectivity index (χ1v) is 5.07. The molecule has 0 fully saturated rings. The molecule has 0 aliphatic rings. The normalized spacial score (nSPS) is 10.1. The third-order valence-corrected chi connectivity index (χ3v) is 2.17. The number of hydrogen-bond donors (Lipinski definition) is 2. The van der Waals surface area contributed by atoms with Crippen molar-refractivity contribution in [1.29, 1.82) is 0 Å². The van der Waals surface area contributed by atoms with Gasteiger partial charge in [-0.05, 0) is 19.4 Å². The standard InChI is InChI=1S/C11H15NO4/c1-7-10(11(14)15)6-9(16-7)4-3-5-12-8(2)13/h6H,3-5H2,1-2H3,(H,12,13)(H,14,15). The van der Waals surface area contributed by atoms with Crippen molar-refractivity contribution in [3.63, 3.8) is 0 Å². The van der Waals surface area contributed by atoms with Crippen molar-refractivity contribution in [2.24, 2.45) is 0 Å². The number of hydrogen-bond acceptors (Lipinski definition) is 3. The van der Waals surface area contributed by atoms with Gasteiger partial charge in [-0.15, -0.1) is 0 Å². The summed E-state index contributed by atoms with van der Waals surface area (Å²) in [4.78, 5) is 21.3. The molecular formula is C11H15NO4. The number of carboxylic acids is 1. The van der Waals surface area contributed by atoms with Gasteiger partial charge in [0.05, 0.1) is 0 Å². The highest BCUT2D eigenvalue weighted by atomic mass is 16.4. The van der Waals surface area contributed by atoms with Gasteiger partial charge in [-0.2, -0.15) is 0 Å². The van der Waals surface area contributed by atoms with Crippen molar-refractivity contribution in [2.45, 2.75) is 26.7 Å². The van der Waals surface area contributed by atoms with Gasteiger partial charge in [-0.25, -0.2) is 4.79 Å². The summed E-state index contributed by atoms with van der Waals surface area (Å²) >= 11 is 0. The van der Waals surface area contributed by atoms with E-state index in [4.69, 9.17) is 9.52 Å². The summed E-state index contributed by atoms with van der Waals surface area (Å²) in [7, 11) is 0. The Balaban J connectivity index is 2.46. The summed E-state index contributed by atoms with van der Waals surface area (Å²) in [5.74, 6) is 0.0125. The van der Waals surface area contributed by atoms with Crippen LogP contribution in [0.1, 0.15) is 35.2 Å². The minimum atomic E-state index is -0.977. The quantitative estimate of drug-likeness (QED) is 0.741. The Hall–Kier alpha value is -1.78. The van der Waals surface area contributed by atoms with Crippen LogP contribution in [0.25, 0.3) is 0 Å². The van der Waals surface area contributed by atoms with Gasteiger partial charge in [0.25, 0.3) is 0 Å². The topological polar surface area (TPSA) is 79.5 Å². The van der Waals surface area contributed by atoms with Crippen molar-refractivity contribution in [2.75, 3.05) is 6.54 Å². The number of aryl methyl sites for hydroxylation is 2. The number of aromatic carboxylic acids is 1. The molecule has 0 saturated carbocycles. The molecule has 16 heavy (non-hydrogen) atoms. The first-order valence-electron chi connectivity index (χ1n) is 5.07. The SMILES string of the molecule is CC(=O)NCCCc1cc(C(=O)O)c(C)o1. The number of amides is 1. The number of nitrogens with one attached hydrogen (secondary N) is 1. The summed E-state index contributed by atoms with van der Waals surface area (Å²) in [6.45, 7) is 3.65. The van der Waals surface area contributed by atoms with Gasteiger partial charge < -0.3 is 14.8 Å². The predicted octanol–water partition coefficient (Wildman–Crippen LogP) is 1.35. The van der Waals surface area contributed by atoms with E-state index in [0.29, 0.717) is 24.5 Å². The van der Waals surface area contributed by atoms with E-state index < -0.39 is 5.97 Å². The lowest BCUT2D eigenvalue weighted by Gasteiger charge is -1.99. The first kappa shape index (κ1) is 12.3. The molecule has 0 aromatic carbocycles. The van der Waals surface area contributed by atoms with Crippen molar-refractivity contribution in [3.8, 4) is 0 Å². The Morgan fingerprint density at radius 2 is 2.19 bits per heavy atom. The van der Waals surface area contributed by atoms with E-state index in [0.717, 1.165) is 6.42 Å². The van der Waals surface area contributed by atoms with Gasteiger partial charge in [-0.1, -0.05) is 0 Å². The van der Waals surface area contributed by atoms with Gasteiger partial charge in [0.15, 0.2) is 0 Å². The van der Waals surface area contributed by atoms with Crippen LogP contribution in [0.3, 0.4) is 0 Å². The molecule has 0 saturated heterocycles. The van der Waals surface area contributed by atoms with Crippen LogP contribution >= 0.6 is 0 Å². The fraction of sp³-hybridized carbons (Fsp3) is 0.455. The molecule has 0 bridgehead atoms. The largest absolute Gasteiger partial charge is 0.478 e. The smallest absolute Gasteiger partial charge is 0.339 e. The summed E-state index contributed by atoms with van der Waals surface area (Å²) < 4.78 is 5.29. The zero-order chi connectivity index (χ0) is 12.1. The van der Waals surface area contributed by atoms with Crippen molar-refractivity contribution >= 4 is 11.9 Å². The summed E-state index contributed by atoms with van der Waals surface area (Å²) in [5.41, 5.74) is 0.203. The minimum Gasteiger partial charge on any atom is -0.478 e. The fourth-order valence-corrected chi connectivity index (χ4v) is 1.41. The summed E-state index contributed by atoms with van der Waals surface area (Å²) in [6, 6.07) is 1.53. The third-order valence-electron chi connectivity index (χ3n) is 2.17. The maximum Gasteiger partial charge on any atom is 0.339 e. The lowest BCUT2D eigenvalue weighted by Crippen LogP contribution is -2.21. The van der Waals surface area contributed by atoms with E-state index in [1.54, 1.807) is 6.92 Å². The van der Waals surface area contributed by atoms with E-state index in [2.05, 4.69) is 5.32 Å². The third kappa shape index (κ3) is 3.42. The van der Waals surface area contributed by atoms with E-state index in [1.807, 2.05) is 0 Å². The molecule has 0 spiro atoms. The molecule has 0 aliphatic heterocycles. The Labute approximate surface area is 93.4 Å². The Bertz CT molecular complexity index is 395. The maximum absolute atomic E-state index is 10.7. The maximum atomic E-state index is 10.7. The highest BCUT2D eigenvalue weighted by Gasteiger charge is 2.13. The molecular weight excluding hydrogens is 210 g/mol. The van der Waals surface area contributed by atoms with Gasteiger partial charge in [-0.3, -0.25) is 4.79 Å². The molecule has 88 valence electrons. The minimum absolute atomic E-state index is 0.0677. The van der Waals surface area contributed by atoms with Crippen LogP contribution in [0.15, 0.2) is 10.5 Å². The second-order valence-electron chi connectivity index (χ2n) is 3.57. The van der Waals surface area contributed by atoms with Crippen LogP contribution in [-0.2, 0) is 11.2 Å². The molecule has 0 radical (unpaired) electrons. The fourth-order valence-electron chi connectivity index (χ4n) is 1.41.